The van der Waals surface area contributed by atoms with Crippen LogP contribution in [0.1, 0.15) is 50.5 Å². The number of carbonyl (C=O) groups excluding carboxylic acids is 1. The Hall–Kier alpha value is -1.61. The van der Waals surface area contributed by atoms with E-state index in [0.717, 1.165) is 29.2 Å². The normalized spacial score (nSPS) is 20.7. The van der Waals surface area contributed by atoms with E-state index < -0.39 is 0 Å². The molecule has 0 spiro atoms. The summed E-state index contributed by atoms with van der Waals surface area (Å²) in [6.07, 6.45) is 11.3. The minimum Gasteiger partial charge on any atom is -0.329 e. The van der Waals surface area contributed by atoms with Crippen molar-refractivity contribution in [3.63, 3.8) is 0 Å². The lowest BCUT2D eigenvalue weighted by Crippen LogP contribution is -2.31. The molecule has 0 aromatic heterocycles. The van der Waals surface area contributed by atoms with Crippen LogP contribution in [0.3, 0.4) is 0 Å². The fourth-order valence-corrected chi connectivity index (χ4v) is 3.79. The molecule has 1 aromatic rings. The highest BCUT2D eigenvalue weighted by Gasteiger charge is 2.31. The zero-order valence-corrected chi connectivity index (χ0v) is 13.3. The molecule has 1 heterocycles. The molecule has 118 valence electrons. The Labute approximate surface area is 133 Å². The van der Waals surface area contributed by atoms with E-state index in [4.69, 9.17) is 5.73 Å². The highest BCUT2D eigenvalue weighted by molar-refractivity contribution is 6.32. The van der Waals surface area contributed by atoms with Gasteiger partial charge in [-0.1, -0.05) is 56.4 Å². The fraction of sp³-hybridized carbons (Fsp3) is 0.526. The third-order valence-corrected chi connectivity index (χ3v) is 4.96. The van der Waals surface area contributed by atoms with Crippen LogP contribution >= 0.6 is 0 Å². The average Bonchev–Trinajstić information content (AvgIpc) is 2.82. The lowest BCUT2D eigenvalue weighted by Gasteiger charge is -2.20. The van der Waals surface area contributed by atoms with Crippen LogP contribution in [-0.2, 0) is 4.79 Å². The van der Waals surface area contributed by atoms with E-state index in [1.807, 2.05) is 23.1 Å². The molecule has 2 aliphatic rings. The van der Waals surface area contributed by atoms with Gasteiger partial charge in [0.1, 0.15) is 0 Å². The molecular weight excluding hydrogens is 272 g/mol. The smallest absolute Gasteiger partial charge is 0.258 e. The van der Waals surface area contributed by atoms with E-state index in [1.165, 1.54) is 38.5 Å². The Bertz CT molecular complexity index is 558. The first-order valence-electron chi connectivity index (χ1n) is 8.62. The van der Waals surface area contributed by atoms with Gasteiger partial charge in [-0.05, 0) is 24.8 Å². The fourth-order valence-electron chi connectivity index (χ4n) is 3.79. The number of carbonyl (C=O) groups is 1. The highest BCUT2D eigenvalue weighted by Crippen LogP contribution is 2.37. The van der Waals surface area contributed by atoms with E-state index in [0.29, 0.717) is 13.1 Å². The Morgan fingerprint density at radius 3 is 2.73 bits per heavy atom. The number of rotatable bonds is 5. The van der Waals surface area contributed by atoms with Crippen molar-refractivity contribution in [2.45, 2.75) is 44.9 Å². The molecule has 3 heteroatoms. The zero-order chi connectivity index (χ0) is 15.4. The number of nitrogens with zero attached hydrogens (tertiary/aromatic N) is 1. The van der Waals surface area contributed by atoms with Crippen LogP contribution < -0.4 is 10.6 Å². The van der Waals surface area contributed by atoms with Crippen molar-refractivity contribution < 1.29 is 4.79 Å². The van der Waals surface area contributed by atoms with Crippen molar-refractivity contribution in [2.75, 3.05) is 18.0 Å². The van der Waals surface area contributed by atoms with Crippen LogP contribution in [0.4, 0.5) is 5.69 Å². The molecule has 0 bridgehead atoms. The van der Waals surface area contributed by atoms with Crippen molar-refractivity contribution in [3.05, 3.63) is 35.9 Å². The number of hydrogen-bond acceptors (Lipinski definition) is 2. The number of allylic oxidation sites excluding steroid dienone is 1. The predicted octanol–water partition coefficient (Wildman–Crippen LogP) is 3.74. The third-order valence-electron chi connectivity index (χ3n) is 4.96. The predicted molar refractivity (Wildman–Crippen MR) is 91.6 cm³/mol. The number of fused-ring (bicyclic) bond motifs is 1. The molecule has 0 unspecified atom stereocenters. The summed E-state index contributed by atoms with van der Waals surface area (Å²) in [6, 6.07) is 8.06. The van der Waals surface area contributed by atoms with Gasteiger partial charge in [0, 0.05) is 24.2 Å². The first-order valence-corrected chi connectivity index (χ1v) is 8.62. The summed E-state index contributed by atoms with van der Waals surface area (Å²) < 4.78 is 0. The van der Waals surface area contributed by atoms with Crippen molar-refractivity contribution >= 4 is 17.2 Å². The van der Waals surface area contributed by atoms with Crippen LogP contribution in [-0.4, -0.2) is 19.0 Å². The molecule has 3 rings (SSSR count). The molecular formula is C19H26N2O. The molecule has 1 amide bonds. The Morgan fingerprint density at radius 2 is 1.95 bits per heavy atom. The second kappa shape index (κ2) is 7.10. The lowest BCUT2D eigenvalue weighted by atomic mass is 9.86. The summed E-state index contributed by atoms with van der Waals surface area (Å²) in [5.41, 5.74) is 8.62. The van der Waals surface area contributed by atoms with Crippen molar-refractivity contribution in [3.8, 4) is 0 Å². The zero-order valence-electron chi connectivity index (χ0n) is 13.3. The SMILES string of the molecule is NCCN1C(=O)C(=CCCC2CCCCC2)c2ccccc21. The van der Waals surface area contributed by atoms with Crippen LogP contribution in [0, 0.1) is 5.92 Å². The number of nitrogens with two attached hydrogens (primary N) is 1. The maximum Gasteiger partial charge on any atom is 0.258 e. The lowest BCUT2D eigenvalue weighted by molar-refractivity contribution is -0.113. The molecule has 0 saturated heterocycles. The number of hydrogen-bond donors (Lipinski definition) is 1. The van der Waals surface area contributed by atoms with Crippen LogP contribution in [0.15, 0.2) is 30.3 Å². The van der Waals surface area contributed by atoms with Gasteiger partial charge < -0.3 is 10.6 Å². The van der Waals surface area contributed by atoms with Gasteiger partial charge in [0.05, 0.1) is 5.69 Å². The monoisotopic (exact) mass is 298 g/mol. The van der Waals surface area contributed by atoms with Gasteiger partial charge >= 0.3 is 0 Å². The summed E-state index contributed by atoms with van der Waals surface area (Å²) in [4.78, 5) is 14.5. The van der Waals surface area contributed by atoms with Gasteiger partial charge in [0.2, 0.25) is 0 Å². The Morgan fingerprint density at radius 1 is 1.18 bits per heavy atom. The average molecular weight is 298 g/mol. The molecule has 1 aliphatic carbocycles. The molecule has 0 radical (unpaired) electrons. The number of para-hydroxylation sites is 1. The summed E-state index contributed by atoms with van der Waals surface area (Å²) in [6.45, 7) is 1.09. The van der Waals surface area contributed by atoms with Crippen molar-refractivity contribution in [2.24, 2.45) is 11.7 Å². The number of benzene rings is 1. The molecule has 2 N–H and O–H groups in total. The van der Waals surface area contributed by atoms with E-state index in [9.17, 15) is 4.79 Å². The van der Waals surface area contributed by atoms with Crippen LogP contribution in [0.25, 0.3) is 5.57 Å². The third kappa shape index (κ3) is 3.09. The second-order valence-electron chi connectivity index (χ2n) is 6.46. The maximum atomic E-state index is 12.6. The van der Waals surface area contributed by atoms with Gasteiger partial charge in [0.15, 0.2) is 0 Å². The summed E-state index contributed by atoms with van der Waals surface area (Å²) in [7, 11) is 0. The highest BCUT2D eigenvalue weighted by atomic mass is 16.2. The van der Waals surface area contributed by atoms with E-state index in [2.05, 4.69) is 12.1 Å². The van der Waals surface area contributed by atoms with E-state index >= 15 is 0 Å². The maximum absolute atomic E-state index is 12.6. The summed E-state index contributed by atoms with van der Waals surface area (Å²) in [5.74, 6) is 0.979. The van der Waals surface area contributed by atoms with Crippen molar-refractivity contribution in [1.29, 1.82) is 0 Å². The van der Waals surface area contributed by atoms with E-state index in [-0.39, 0.29) is 5.91 Å². The molecule has 1 saturated carbocycles. The molecule has 1 aromatic carbocycles. The van der Waals surface area contributed by atoms with Crippen LogP contribution in [0.5, 0.6) is 0 Å². The number of anilines is 1. The van der Waals surface area contributed by atoms with Gasteiger partial charge in [0.25, 0.3) is 5.91 Å². The minimum absolute atomic E-state index is 0.121. The Kier molecular flexibility index (Phi) is 4.94. The first-order chi connectivity index (χ1) is 10.8. The van der Waals surface area contributed by atoms with Crippen LogP contribution in [0.2, 0.25) is 0 Å². The summed E-state index contributed by atoms with van der Waals surface area (Å²) >= 11 is 0. The molecule has 0 atom stereocenters. The van der Waals surface area contributed by atoms with Gasteiger partial charge in [-0.15, -0.1) is 0 Å². The standard InChI is InChI=1S/C19H26N2O/c20-13-14-21-18-12-5-4-10-16(18)17(19(21)22)11-6-9-15-7-2-1-3-8-15/h4-5,10-12,15H,1-3,6-9,13-14,20H2. The number of amides is 1. The van der Waals surface area contributed by atoms with E-state index in [1.54, 1.807) is 0 Å². The molecule has 1 fully saturated rings. The Balaban J connectivity index is 1.72. The van der Waals surface area contributed by atoms with Crippen molar-refractivity contribution in [1.82, 2.24) is 0 Å². The summed E-state index contributed by atoms with van der Waals surface area (Å²) in [5, 5.41) is 0. The molecule has 1 aliphatic heterocycles. The van der Waals surface area contributed by atoms with Gasteiger partial charge in [-0.3, -0.25) is 4.79 Å². The minimum atomic E-state index is 0.121. The largest absolute Gasteiger partial charge is 0.329 e. The molecule has 22 heavy (non-hydrogen) atoms. The van der Waals surface area contributed by atoms with Gasteiger partial charge in [-0.2, -0.15) is 0 Å². The quantitative estimate of drug-likeness (QED) is 0.842. The first kappa shape index (κ1) is 15.3. The second-order valence-corrected chi connectivity index (χ2v) is 6.46. The molecule has 3 nitrogen and oxygen atoms in total. The topological polar surface area (TPSA) is 46.3 Å². The van der Waals surface area contributed by atoms with Gasteiger partial charge in [-0.25, -0.2) is 0 Å².